The summed E-state index contributed by atoms with van der Waals surface area (Å²) in [5.41, 5.74) is 6.32. The highest BCUT2D eigenvalue weighted by Gasteiger charge is 2.17. The van der Waals surface area contributed by atoms with E-state index in [9.17, 15) is 9.59 Å². The molecule has 0 radical (unpaired) electrons. The second-order valence-electron chi connectivity index (χ2n) is 8.76. The van der Waals surface area contributed by atoms with Gasteiger partial charge < -0.3 is 30.2 Å². The Labute approximate surface area is 214 Å². The number of nitrogens with two attached hydrogens (primary N) is 1. The number of carbonyl (C=O) groups is 2. The molecule has 0 saturated heterocycles. The van der Waals surface area contributed by atoms with Gasteiger partial charge in [-0.3, -0.25) is 4.79 Å². The average Bonchev–Trinajstić information content (AvgIpc) is 3.03. The van der Waals surface area contributed by atoms with E-state index in [-0.39, 0.29) is 31.0 Å². The van der Waals surface area contributed by atoms with Crippen molar-refractivity contribution in [2.24, 2.45) is 5.73 Å². The van der Waals surface area contributed by atoms with E-state index in [2.05, 4.69) is 34.6 Å². The molecule has 202 valence electrons. The highest BCUT2D eigenvalue weighted by Crippen LogP contribution is 2.16. The van der Waals surface area contributed by atoms with Gasteiger partial charge in [0.15, 0.2) is 0 Å². The summed E-state index contributed by atoms with van der Waals surface area (Å²) in [7, 11) is 0. The number of rotatable bonds is 14. The van der Waals surface area contributed by atoms with E-state index in [1.165, 1.54) is 12.5 Å². The Morgan fingerprint density at radius 1 is 1.19 bits per heavy atom. The number of ketones is 1. The normalized spacial score (nSPS) is 14.2. The number of amides is 1. The molecule has 1 aromatic rings. The van der Waals surface area contributed by atoms with Gasteiger partial charge in [0.2, 0.25) is 0 Å². The third-order valence-electron chi connectivity index (χ3n) is 5.42. The lowest BCUT2D eigenvalue weighted by atomic mass is 10.1. The van der Waals surface area contributed by atoms with Crippen molar-refractivity contribution in [3.8, 4) is 0 Å². The second kappa shape index (κ2) is 18.4. The maximum absolute atomic E-state index is 11.8. The van der Waals surface area contributed by atoms with Crippen LogP contribution in [0.15, 0.2) is 36.0 Å². The summed E-state index contributed by atoms with van der Waals surface area (Å²) < 4.78 is 13.1. The third kappa shape index (κ3) is 13.3. The van der Waals surface area contributed by atoms with Crippen LogP contribution in [0.4, 0.5) is 4.79 Å². The fourth-order valence-electron chi connectivity index (χ4n) is 3.09. The topological polar surface area (TPSA) is 142 Å². The summed E-state index contributed by atoms with van der Waals surface area (Å²) in [6, 6.07) is -0.287. The number of nitrogens with one attached hydrogen (secondary N) is 1. The number of Topliss-reactive ketones (excluding diaryl/α,β-unsaturated/α-hetero) is 1. The van der Waals surface area contributed by atoms with E-state index in [0.717, 1.165) is 37.3 Å². The standard InChI is InChI=1S/C22H34N4O4.C4H9NO/c1-18(16-29-17-20-10-6-3-4-7-11-20)21-25-24-19(2)26(21)13-15-30-22(28)23-12-8-5-9-14-27;1-3(5)4(2)6/h3-4,6-7,10,18,27H,5,8-9,11-17H2,1-2H3,(H,23,28);3H,5H2,1-2H3. The molecule has 36 heavy (non-hydrogen) atoms. The monoisotopic (exact) mass is 505 g/mol. The Kier molecular flexibility index (Phi) is 16.0. The van der Waals surface area contributed by atoms with E-state index >= 15 is 0 Å². The van der Waals surface area contributed by atoms with Crippen LogP contribution in [0.1, 0.15) is 64.0 Å². The van der Waals surface area contributed by atoms with Crippen molar-refractivity contribution in [3.63, 3.8) is 0 Å². The van der Waals surface area contributed by atoms with E-state index in [0.29, 0.717) is 26.3 Å². The zero-order chi connectivity index (χ0) is 26.8. The Morgan fingerprint density at radius 2 is 1.94 bits per heavy atom. The van der Waals surface area contributed by atoms with Gasteiger partial charge in [-0.2, -0.15) is 0 Å². The van der Waals surface area contributed by atoms with Crippen molar-refractivity contribution in [2.75, 3.05) is 33.0 Å². The SMILES string of the molecule is CC(=O)C(C)N.Cc1nnc(C(C)COCC2=CC=CC=CC2)n1CCOC(=O)NCCCCCO. The van der Waals surface area contributed by atoms with Gasteiger partial charge in [0.25, 0.3) is 0 Å². The molecule has 2 unspecified atom stereocenters. The van der Waals surface area contributed by atoms with Crippen LogP contribution < -0.4 is 11.1 Å². The number of allylic oxidation sites excluding steroid dienone is 5. The first kappa shape index (κ1) is 31.2. The van der Waals surface area contributed by atoms with Gasteiger partial charge in [0.05, 0.1) is 25.8 Å². The predicted octanol–water partition coefficient (Wildman–Crippen LogP) is 2.96. The van der Waals surface area contributed by atoms with E-state index in [4.69, 9.17) is 20.3 Å². The molecule has 2 atom stereocenters. The van der Waals surface area contributed by atoms with Crippen LogP contribution in [0.5, 0.6) is 0 Å². The smallest absolute Gasteiger partial charge is 0.407 e. The van der Waals surface area contributed by atoms with Crippen molar-refractivity contribution in [3.05, 3.63) is 47.6 Å². The number of aliphatic hydroxyl groups is 1. The fourth-order valence-corrected chi connectivity index (χ4v) is 3.09. The lowest BCUT2D eigenvalue weighted by Gasteiger charge is -2.15. The first-order valence-corrected chi connectivity index (χ1v) is 12.5. The van der Waals surface area contributed by atoms with Gasteiger partial charge in [0.1, 0.15) is 24.0 Å². The summed E-state index contributed by atoms with van der Waals surface area (Å²) >= 11 is 0. The number of unbranched alkanes of at least 4 members (excludes halogenated alkanes) is 2. The number of ether oxygens (including phenoxy) is 2. The van der Waals surface area contributed by atoms with Crippen LogP contribution in [-0.2, 0) is 20.8 Å². The Bertz CT molecular complexity index is 876. The molecule has 4 N–H and O–H groups in total. The number of nitrogens with zero attached hydrogens (tertiary/aromatic N) is 3. The number of aromatic nitrogens is 3. The molecule has 0 aliphatic heterocycles. The minimum absolute atomic E-state index is 0.0370. The van der Waals surface area contributed by atoms with Crippen molar-refractivity contribution >= 4 is 11.9 Å². The molecule has 1 amide bonds. The summed E-state index contributed by atoms with van der Waals surface area (Å²) in [6.07, 6.45) is 13.2. The zero-order valence-corrected chi connectivity index (χ0v) is 22.1. The number of hydrogen-bond acceptors (Lipinski definition) is 8. The van der Waals surface area contributed by atoms with E-state index in [1.807, 2.05) is 29.7 Å². The minimum atomic E-state index is -0.428. The van der Waals surface area contributed by atoms with Crippen molar-refractivity contribution in [1.29, 1.82) is 0 Å². The molecule has 0 bridgehead atoms. The first-order valence-electron chi connectivity index (χ1n) is 12.5. The van der Waals surface area contributed by atoms with E-state index in [1.54, 1.807) is 6.92 Å². The summed E-state index contributed by atoms with van der Waals surface area (Å²) in [4.78, 5) is 21.8. The van der Waals surface area contributed by atoms with Crippen molar-refractivity contribution in [1.82, 2.24) is 20.1 Å². The molecular formula is C26H43N5O5. The lowest BCUT2D eigenvalue weighted by Crippen LogP contribution is -2.27. The number of carbonyl (C=O) groups excluding carboxylic acids is 2. The van der Waals surface area contributed by atoms with Crippen LogP contribution in [0, 0.1) is 6.92 Å². The molecular weight excluding hydrogens is 462 g/mol. The molecule has 1 aromatic heterocycles. The molecule has 0 spiro atoms. The average molecular weight is 506 g/mol. The number of aryl methyl sites for hydroxylation is 1. The quantitative estimate of drug-likeness (QED) is 0.328. The predicted molar refractivity (Wildman–Crippen MR) is 140 cm³/mol. The maximum atomic E-state index is 11.8. The molecule has 1 aliphatic carbocycles. The first-order chi connectivity index (χ1) is 17.3. The summed E-state index contributed by atoms with van der Waals surface area (Å²) in [5.74, 6) is 1.72. The van der Waals surface area contributed by atoms with Gasteiger partial charge in [-0.25, -0.2) is 4.79 Å². The number of alkyl carbamates (subject to hydrolysis) is 1. The maximum Gasteiger partial charge on any atom is 0.407 e. The van der Waals surface area contributed by atoms with Crippen molar-refractivity contribution < 1.29 is 24.2 Å². The van der Waals surface area contributed by atoms with E-state index < -0.39 is 6.09 Å². The van der Waals surface area contributed by atoms with Crippen LogP contribution >= 0.6 is 0 Å². The lowest BCUT2D eigenvalue weighted by molar-refractivity contribution is -0.117. The third-order valence-corrected chi connectivity index (χ3v) is 5.42. The Hall–Kier alpha value is -2.82. The molecule has 2 rings (SSSR count). The molecule has 10 nitrogen and oxygen atoms in total. The van der Waals surface area contributed by atoms with Crippen LogP contribution in [0.25, 0.3) is 0 Å². The second-order valence-corrected chi connectivity index (χ2v) is 8.76. The molecule has 1 heterocycles. The number of hydrogen-bond donors (Lipinski definition) is 3. The van der Waals surface area contributed by atoms with Gasteiger partial charge >= 0.3 is 6.09 Å². The molecule has 10 heteroatoms. The van der Waals surface area contributed by atoms with Crippen LogP contribution in [0.3, 0.4) is 0 Å². The van der Waals surface area contributed by atoms with Gasteiger partial charge in [-0.15, -0.1) is 10.2 Å². The van der Waals surface area contributed by atoms with Crippen LogP contribution in [0.2, 0.25) is 0 Å². The summed E-state index contributed by atoms with van der Waals surface area (Å²) in [5, 5.41) is 19.9. The van der Waals surface area contributed by atoms with Gasteiger partial charge in [-0.1, -0.05) is 37.3 Å². The molecule has 1 aliphatic rings. The van der Waals surface area contributed by atoms with Gasteiger partial charge in [-0.05, 0) is 52.0 Å². The molecule has 0 aromatic carbocycles. The fraction of sp³-hybridized carbons (Fsp3) is 0.615. The largest absolute Gasteiger partial charge is 0.448 e. The Morgan fingerprint density at radius 3 is 2.64 bits per heavy atom. The highest BCUT2D eigenvalue weighted by atomic mass is 16.5. The minimum Gasteiger partial charge on any atom is -0.448 e. The zero-order valence-electron chi connectivity index (χ0n) is 22.1. The number of aliphatic hydroxyl groups excluding tert-OH is 1. The van der Waals surface area contributed by atoms with Crippen molar-refractivity contribution in [2.45, 2.75) is 71.9 Å². The highest BCUT2D eigenvalue weighted by molar-refractivity contribution is 5.80. The Balaban J connectivity index is 0.000000960. The van der Waals surface area contributed by atoms with Crippen LogP contribution in [-0.4, -0.2) is 70.8 Å². The van der Waals surface area contributed by atoms with Gasteiger partial charge in [0, 0.05) is 19.1 Å². The summed E-state index contributed by atoms with van der Waals surface area (Å²) in [6.45, 7) is 9.69. The molecule has 0 saturated carbocycles. The molecule has 0 fully saturated rings.